The Balaban J connectivity index is 1.99. The van der Waals surface area contributed by atoms with Crippen molar-refractivity contribution >= 4 is 40.4 Å². The quantitative estimate of drug-likeness (QED) is 0.263. The van der Waals surface area contributed by atoms with Crippen molar-refractivity contribution in [2.24, 2.45) is 0 Å². The molecule has 0 spiro atoms. The van der Waals surface area contributed by atoms with E-state index in [1.165, 1.54) is 26.2 Å². The van der Waals surface area contributed by atoms with E-state index >= 15 is 0 Å². The predicted molar refractivity (Wildman–Crippen MR) is 143 cm³/mol. The molecule has 3 aromatic carbocycles. The van der Waals surface area contributed by atoms with Crippen molar-refractivity contribution in [3.05, 3.63) is 82.4 Å². The number of amides is 1. The number of methoxy groups -OCH3 is 3. The molecule has 0 aliphatic carbocycles. The molecule has 37 heavy (non-hydrogen) atoms. The number of anilines is 2. The minimum Gasteiger partial charge on any atom is -0.506 e. The number of ether oxygens (including phenoxy) is 3. The molecule has 0 aromatic heterocycles. The van der Waals surface area contributed by atoms with Crippen molar-refractivity contribution in [1.29, 1.82) is 0 Å². The van der Waals surface area contributed by atoms with Gasteiger partial charge in [-0.15, -0.1) is 0 Å². The molecule has 1 aliphatic heterocycles. The molecule has 1 fully saturated rings. The van der Waals surface area contributed by atoms with Gasteiger partial charge in [-0.2, -0.15) is 0 Å². The van der Waals surface area contributed by atoms with Crippen LogP contribution in [0.2, 0.25) is 5.02 Å². The Morgan fingerprint density at radius 3 is 2.00 bits per heavy atom. The van der Waals surface area contributed by atoms with Crippen LogP contribution in [0.1, 0.15) is 17.2 Å². The first-order chi connectivity index (χ1) is 17.7. The summed E-state index contributed by atoms with van der Waals surface area (Å²) < 4.78 is 16.1. The Morgan fingerprint density at radius 1 is 0.892 bits per heavy atom. The van der Waals surface area contributed by atoms with Crippen LogP contribution in [0.5, 0.6) is 17.2 Å². The molecule has 0 saturated carbocycles. The summed E-state index contributed by atoms with van der Waals surface area (Å²) in [5.74, 6) is -1.06. The van der Waals surface area contributed by atoms with E-state index in [0.29, 0.717) is 17.0 Å². The van der Waals surface area contributed by atoms with Crippen molar-refractivity contribution < 1.29 is 28.9 Å². The van der Waals surface area contributed by atoms with Gasteiger partial charge in [-0.05, 0) is 48.0 Å². The number of Topliss-reactive ketones (excluding diaryl/α,β-unsaturated/α-hetero) is 1. The molecule has 1 saturated heterocycles. The number of rotatable bonds is 7. The van der Waals surface area contributed by atoms with E-state index in [2.05, 4.69) is 0 Å². The van der Waals surface area contributed by atoms with Gasteiger partial charge in [0.2, 0.25) is 0 Å². The molecule has 1 amide bonds. The summed E-state index contributed by atoms with van der Waals surface area (Å²) in [5, 5.41) is 11.8. The molecule has 192 valence electrons. The van der Waals surface area contributed by atoms with Gasteiger partial charge in [0, 0.05) is 25.5 Å². The van der Waals surface area contributed by atoms with E-state index in [1.54, 1.807) is 36.4 Å². The third-order valence-corrected chi connectivity index (χ3v) is 6.54. The van der Waals surface area contributed by atoms with Crippen molar-refractivity contribution in [1.82, 2.24) is 0 Å². The zero-order valence-corrected chi connectivity index (χ0v) is 21.9. The Hall–Kier alpha value is -4.17. The summed E-state index contributed by atoms with van der Waals surface area (Å²) in [7, 11) is 8.20. The molecular formula is C28H27ClN2O6. The van der Waals surface area contributed by atoms with Crippen LogP contribution in [-0.2, 0) is 9.59 Å². The second kappa shape index (κ2) is 10.4. The maximum absolute atomic E-state index is 13.5. The highest BCUT2D eigenvalue weighted by Crippen LogP contribution is 2.46. The van der Waals surface area contributed by atoms with Gasteiger partial charge >= 0.3 is 0 Å². The summed E-state index contributed by atoms with van der Waals surface area (Å²) in [6.07, 6.45) is 0. The van der Waals surface area contributed by atoms with Gasteiger partial charge in [0.1, 0.15) is 28.6 Å². The summed E-state index contributed by atoms with van der Waals surface area (Å²) in [4.78, 5) is 30.2. The van der Waals surface area contributed by atoms with Crippen molar-refractivity contribution in [2.75, 3.05) is 45.2 Å². The van der Waals surface area contributed by atoms with Crippen LogP contribution in [-0.4, -0.2) is 52.2 Å². The van der Waals surface area contributed by atoms with Crippen LogP contribution in [0, 0.1) is 0 Å². The van der Waals surface area contributed by atoms with Gasteiger partial charge in [-0.1, -0.05) is 29.8 Å². The Bertz CT molecular complexity index is 1360. The number of carbonyl (C=O) groups is 2. The molecule has 3 aromatic rings. The lowest BCUT2D eigenvalue weighted by atomic mass is 9.94. The first-order valence-corrected chi connectivity index (χ1v) is 11.7. The van der Waals surface area contributed by atoms with Gasteiger partial charge in [0.05, 0.1) is 38.0 Å². The maximum atomic E-state index is 13.5. The van der Waals surface area contributed by atoms with E-state index in [9.17, 15) is 14.7 Å². The lowest BCUT2D eigenvalue weighted by Gasteiger charge is -2.26. The van der Waals surface area contributed by atoms with Crippen LogP contribution in [0.4, 0.5) is 11.4 Å². The third-order valence-electron chi connectivity index (χ3n) is 6.25. The lowest BCUT2D eigenvalue weighted by Crippen LogP contribution is -2.29. The lowest BCUT2D eigenvalue weighted by molar-refractivity contribution is -0.132. The summed E-state index contributed by atoms with van der Waals surface area (Å²) in [5.41, 5.74) is 2.00. The van der Waals surface area contributed by atoms with Gasteiger partial charge < -0.3 is 24.2 Å². The van der Waals surface area contributed by atoms with E-state index < -0.39 is 23.5 Å². The number of benzene rings is 3. The largest absolute Gasteiger partial charge is 0.506 e. The average Bonchev–Trinajstić information content (AvgIpc) is 3.17. The number of hydrogen-bond acceptors (Lipinski definition) is 7. The fourth-order valence-electron chi connectivity index (χ4n) is 4.39. The van der Waals surface area contributed by atoms with Gasteiger partial charge in [-0.3, -0.25) is 14.5 Å². The second-order valence-corrected chi connectivity index (χ2v) is 8.92. The molecule has 1 heterocycles. The van der Waals surface area contributed by atoms with Crippen molar-refractivity contribution in [2.45, 2.75) is 6.04 Å². The van der Waals surface area contributed by atoms with E-state index in [-0.39, 0.29) is 27.7 Å². The molecule has 1 atom stereocenters. The van der Waals surface area contributed by atoms with Crippen LogP contribution >= 0.6 is 11.6 Å². The van der Waals surface area contributed by atoms with Crippen LogP contribution in [0.15, 0.2) is 66.2 Å². The van der Waals surface area contributed by atoms with Gasteiger partial charge in [0.15, 0.2) is 0 Å². The van der Waals surface area contributed by atoms with E-state index in [0.717, 1.165) is 5.69 Å². The number of ketones is 1. The standard InChI is InChI=1S/C28H27ClN2O6/c1-30(2)17-11-9-16(10-12-17)25-24(26(32)23-21(36-4)7-6-8-22(23)37-5)27(33)28(34)31(25)18-13-14-20(35-3)19(29)15-18/h6-15,25,32H,1-5H3/b26-24+. The number of nitrogens with zero attached hydrogens (tertiary/aromatic N) is 2. The topological polar surface area (TPSA) is 88.5 Å². The van der Waals surface area contributed by atoms with Crippen LogP contribution in [0.25, 0.3) is 5.76 Å². The number of carbonyl (C=O) groups excluding carboxylic acids is 2. The zero-order valence-electron chi connectivity index (χ0n) is 21.1. The maximum Gasteiger partial charge on any atom is 0.300 e. The summed E-state index contributed by atoms with van der Waals surface area (Å²) in [6.45, 7) is 0. The normalized spacial score (nSPS) is 16.6. The molecule has 1 aliphatic rings. The SMILES string of the molecule is COc1ccc(N2C(=O)C(=O)/C(=C(/O)c3c(OC)cccc3OC)C2c2ccc(N(C)C)cc2)cc1Cl. The van der Waals surface area contributed by atoms with Gasteiger partial charge in [0.25, 0.3) is 11.7 Å². The minimum atomic E-state index is -0.949. The van der Waals surface area contributed by atoms with Crippen molar-refractivity contribution in [3.8, 4) is 17.2 Å². The minimum absolute atomic E-state index is 0.0997. The first kappa shape index (κ1) is 25.9. The highest BCUT2D eigenvalue weighted by atomic mass is 35.5. The first-order valence-electron chi connectivity index (χ1n) is 11.4. The molecule has 1 N–H and O–H groups in total. The molecule has 9 heteroatoms. The molecule has 1 unspecified atom stereocenters. The Kier molecular flexibility index (Phi) is 7.31. The summed E-state index contributed by atoms with van der Waals surface area (Å²) >= 11 is 6.37. The second-order valence-electron chi connectivity index (χ2n) is 8.51. The number of halogens is 1. The monoisotopic (exact) mass is 522 g/mol. The number of hydrogen-bond donors (Lipinski definition) is 1. The number of aliphatic hydroxyl groups excluding tert-OH is 1. The Labute approximate surface area is 220 Å². The van der Waals surface area contributed by atoms with E-state index in [1.807, 2.05) is 43.3 Å². The average molecular weight is 523 g/mol. The van der Waals surface area contributed by atoms with E-state index in [4.69, 9.17) is 25.8 Å². The fourth-order valence-corrected chi connectivity index (χ4v) is 4.65. The molecule has 0 radical (unpaired) electrons. The molecule has 8 nitrogen and oxygen atoms in total. The summed E-state index contributed by atoms with van der Waals surface area (Å²) in [6, 6.07) is 16.2. The number of aliphatic hydroxyl groups is 1. The highest BCUT2D eigenvalue weighted by Gasteiger charge is 2.47. The zero-order chi connectivity index (χ0) is 26.9. The third kappa shape index (κ3) is 4.56. The molecule has 4 rings (SSSR count). The van der Waals surface area contributed by atoms with Crippen molar-refractivity contribution in [3.63, 3.8) is 0 Å². The predicted octanol–water partition coefficient (Wildman–Crippen LogP) is 5.06. The Morgan fingerprint density at radius 2 is 1.49 bits per heavy atom. The molecule has 0 bridgehead atoms. The van der Waals surface area contributed by atoms with Gasteiger partial charge in [-0.25, -0.2) is 0 Å². The van der Waals surface area contributed by atoms with Crippen LogP contribution < -0.4 is 24.0 Å². The molecular weight excluding hydrogens is 496 g/mol. The fraction of sp³-hybridized carbons (Fsp3) is 0.214. The van der Waals surface area contributed by atoms with Crippen LogP contribution in [0.3, 0.4) is 0 Å². The highest BCUT2D eigenvalue weighted by molar-refractivity contribution is 6.52. The smallest absolute Gasteiger partial charge is 0.300 e.